The molecule has 1 aliphatic rings. The Morgan fingerprint density at radius 1 is 1.20 bits per heavy atom. The molecule has 0 spiro atoms. The summed E-state index contributed by atoms with van der Waals surface area (Å²) >= 11 is 0. The van der Waals surface area contributed by atoms with Gasteiger partial charge in [0.05, 0.1) is 4.92 Å². The second-order valence-electron chi connectivity index (χ2n) is 5.71. The third kappa shape index (κ3) is 3.98. The lowest BCUT2D eigenvalue weighted by atomic mass is 10.1. The lowest BCUT2D eigenvalue weighted by Gasteiger charge is -2.10. The molecule has 25 heavy (non-hydrogen) atoms. The number of halogens is 1. The zero-order valence-corrected chi connectivity index (χ0v) is 15.1. The Morgan fingerprint density at radius 2 is 1.92 bits per heavy atom. The highest BCUT2D eigenvalue weighted by Crippen LogP contribution is 2.27. The summed E-state index contributed by atoms with van der Waals surface area (Å²) in [5.74, 6) is 0. The van der Waals surface area contributed by atoms with Crippen LogP contribution < -0.4 is 10.0 Å². The Balaban J connectivity index is 0.00000225. The summed E-state index contributed by atoms with van der Waals surface area (Å²) in [5.41, 5.74) is 3.09. The predicted octanol–water partition coefficient (Wildman–Crippen LogP) is 2.41. The van der Waals surface area contributed by atoms with Crippen LogP contribution in [0, 0.1) is 17.0 Å². The number of nitro benzene ring substituents is 1. The molecule has 0 bridgehead atoms. The van der Waals surface area contributed by atoms with Gasteiger partial charge in [0.2, 0.25) is 10.0 Å². The van der Waals surface area contributed by atoms with E-state index < -0.39 is 20.6 Å². The standard InChI is InChI=1S/C16H17N3O4S.ClH/c1-11-3-2-4-15(19(20)21)16(11)24(22,23)18-8-12-5-6-13-9-17-10-14(13)7-12;/h2-7,17-18H,8-10H2,1H3;1H. The maximum atomic E-state index is 12.6. The van der Waals surface area contributed by atoms with Crippen molar-refractivity contribution in [1.82, 2.24) is 10.0 Å². The van der Waals surface area contributed by atoms with Gasteiger partial charge in [0.15, 0.2) is 4.90 Å². The molecule has 9 heteroatoms. The molecular weight excluding hydrogens is 366 g/mol. The number of nitro groups is 1. The van der Waals surface area contributed by atoms with Crippen LogP contribution in [0.2, 0.25) is 0 Å². The third-order valence-corrected chi connectivity index (χ3v) is 5.62. The first-order valence-electron chi connectivity index (χ1n) is 7.43. The normalized spacial score (nSPS) is 13.2. The van der Waals surface area contributed by atoms with Gasteiger partial charge in [0.25, 0.3) is 5.69 Å². The maximum Gasteiger partial charge on any atom is 0.289 e. The number of sulfonamides is 1. The van der Waals surface area contributed by atoms with Crippen LogP contribution in [0.5, 0.6) is 0 Å². The van der Waals surface area contributed by atoms with Gasteiger partial charge >= 0.3 is 0 Å². The van der Waals surface area contributed by atoms with E-state index >= 15 is 0 Å². The predicted molar refractivity (Wildman–Crippen MR) is 96.1 cm³/mol. The number of nitrogens with one attached hydrogen (secondary N) is 2. The van der Waals surface area contributed by atoms with Crippen LogP contribution in [0.1, 0.15) is 22.3 Å². The molecule has 0 amide bonds. The molecule has 0 unspecified atom stereocenters. The Labute approximate surface area is 152 Å². The number of fused-ring (bicyclic) bond motifs is 1. The van der Waals surface area contributed by atoms with Crippen molar-refractivity contribution in [3.8, 4) is 0 Å². The Hall–Kier alpha value is -2.00. The second-order valence-corrected chi connectivity index (χ2v) is 7.42. The smallest absolute Gasteiger partial charge is 0.289 e. The van der Waals surface area contributed by atoms with E-state index in [0.29, 0.717) is 5.56 Å². The molecule has 134 valence electrons. The average molecular weight is 384 g/mol. The zero-order chi connectivity index (χ0) is 17.3. The zero-order valence-electron chi connectivity index (χ0n) is 13.5. The van der Waals surface area contributed by atoms with E-state index in [-0.39, 0.29) is 23.8 Å². The van der Waals surface area contributed by atoms with E-state index in [4.69, 9.17) is 0 Å². The highest BCUT2D eigenvalue weighted by Gasteiger charge is 2.27. The molecule has 0 fully saturated rings. The number of rotatable bonds is 5. The van der Waals surface area contributed by atoms with E-state index in [9.17, 15) is 18.5 Å². The van der Waals surface area contributed by atoms with Crippen molar-refractivity contribution in [3.05, 3.63) is 68.8 Å². The highest BCUT2D eigenvalue weighted by molar-refractivity contribution is 7.89. The maximum absolute atomic E-state index is 12.6. The summed E-state index contributed by atoms with van der Waals surface area (Å²) in [5, 5.41) is 14.4. The van der Waals surface area contributed by atoms with Gasteiger partial charge in [-0.25, -0.2) is 13.1 Å². The Bertz CT molecular complexity index is 916. The van der Waals surface area contributed by atoms with Crippen LogP contribution in [0.15, 0.2) is 41.3 Å². The highest BCUT2D eigenvalue weighted by atomic mass is 35.5. The van der Waals surface area contributed by atoms with Gasteiger partial charge in [-0.3, -0.25) is 10.1 Å². The third-order valence-electron chi connectivity index (χ3n) is 4.02. The number of nitrogens with zero attached hydrogens (tertiary/aromatic N) is 1. The largest absolute Gasteiger partial charge is 0.309 e. The molecule has 0 aromatic heterocycles. The summed E-state index contributed by atoms with van der Waals surface area (Å²) in [7, 11) is -3.99. The van der Waals surface area contributed by atoms with Crippen molar-refractivity contribution < 1.29 is 13.3 Å². The van der Waals surface area contributed by atoms with E-state index in [0.717, 1.165) is 24.2 Å². The van der Waals surface area contributed by atoms with Crippen molar-refractivity contribution in [2.45, 2.75) is 31.5 Å². The number of aryl methyl sites for hydroxylation is 1. The van der Waals surface area contributed by atoms with Gasteiger partial charge in [-0.1, -0.05) is 30.3 Å². The molecule has 0 radical (unpaired) electrons. The minimum Gasteiger partial charge on any atom is -0.309 e. The minimum atomic E-state index is -3.99. The summed E-state index contributed by atoms with van der Waals surface area (Å²) in [6.45, 7) is 3.21. The van der Waals surface area contributed by atoms with Crippen molar-refractivity contribution in [1.29, 1.82) is 0 Å². The van der Waals surface area contributed by atoms with Gasteiger partial charge < -0.3 is 5.32 Å². The molecular formula is C16H18ClN3O4S. The molecule has 0 saturated carbocycles. The molecule has 1 heterocycles. The SMILES string of the molecule is Cc1cccc([N+](=O)[O-])c1S(=O)(=O)NCc1ccc2c(c1)CNC2.Cl. The molecule has 3 rings (SSSR count). The lowest BCUT2D eigenvalue weighted by molar-refractivity contribution is -0.387. The molecule has 0 atom stereocenters. The van der Waals surface area contributed by atoms with Crippen LogP contribution in [-0.2, 0) is 29.7 Å². The van der Waals surface area contributed by atoms with Crippen LogP contribution in [0.3, 0.4) is 0 Å². The monoisotopic (exact) mass is 383 g/mol. The Morgan fingerprint density at radius 3 is 2.64 bits per heavy atom. The van der Waals surface area contributed by atoms with Crippen LogP contribution >= 0.6 is 12.4 Å². The molecule has 0 aliphatic carbocycles. The molecule has 2 aromatic carbocycles. The van der Waals surface area contributed by atoms with Crippen LogP contribution in [0.4, 0.5) is 5.69 Å². The fraction of sp³-hybridized carbons (Fsp3) is 0.250. The minimum absolute atomic E-state index is 0. The van der Waals surface area contributed by atoms with E-state index in [1.54, 1.807) is 13.0 Å². The van der Waals surface area contributed by atoms with Crippen molar-refractivity contribution >= 4 is 28.1 Å². The molecule has 1 aliphatic heterocycles. The van der Waals surface area contributed by atoms with Crippen molar-refractivity contribution in [2.75, 3.05) is 0 Å². The summed E-state index contributed by atoms with van der Waals surface area (Å²) in [6, 6.07) is 9.99. The fourth-order valence-corrected chi connectivity index (χ4v) is 4.25. The van der Waals surface area contributed by atoms with E-state index in [2.05, 4.69) is 10.0 Å². The molecule has 0 saturated heterocycles. The van der Waals surface area contributed by atoms with Gasteiger partial charge in [0, 0.05) is 25.7 Å². The summed E-state index contributed by atoms with van der Waals surface area (Å²) in [4.78, 5) is 10.2. The first-order valence-corrected chi connectivity index (χ1v) is 8.92. The number of benzene rings is 2. The molecule has 7 nitrogen and oxygen atoms in total. The van der Waals surface area contributed by atoms with Crippen LogP contribution in [0.25, 0.3) is 0 Å². The molecule has 2 N–H and O–H groups in total. The Kier molecular flexibility index (Phi) is 5.79. The van der Waals surface area contributed by atoms with Gasteiger partial charge in [-0.15, -0.1) is 12.4 Å². The first-order chi connectivity index (χ1) is 11.4. The summed E-state index contributed by atoms with van der Waals surface area (Å²) in [6.07, 6.45) is 0. The average Bonchev–Trinajstić information content (AvgIpc) is 3.00. The number of hydrogen-bond donors (Lipinski definition) is 2. The molecule has 2 aromatic rings. The fourth-order valence-electron chi connectivity index (χ4n) is 2.84. The van der Waals surface area contributed by atoms with E-state index in [1.165, 1.54) is 17.7 Å². The summed E-state index contributed by atoms with van der Waals surface area (Å²) < 4.78 is 27.6. The van der Waals surface area contributed by atoms with Crippen molar-refractivity contribution in [3.63, 3.8) is 0 Å². The quantitative estimate of drug-likeness (QED) is 0.609. The lowest BCUT2D eigenvalue weighted by Crippen LogP contribution is -2.25. The van der Waals surface area contributed by atoms with Gasteiger partial charge in [-0.05, 0) is 29.2 Å². The first kappa shape index (κ1) is 19.3. The van der Waals surface area contributed by atoms with Gasteiger partial charge in [0.1, 0.15) is 0 Å². The number of hydrogen-bond acceptors (Lipinski definition) is 5. The topological polar surface area (TPSA) is 101 Å². The van der Waals surface area contributed by atoms with Gasteiger partial charge in [-0.2, -0.15) is 0 Å². The van der Waals surface area contributed by atoms with E-state index in [1.807, 2.05) is 18.2 Å². The van der Waals surface area contributed by atoms with Crippen LogP contribution in [-0.4, -0.2) is 13.3 Å². The van der Waals surface area contributed by atoms with Crippen molar-refractivity contribution in [2.24, 2.45) is 0 Å². The second kappa shape index (κ2) is 7.49.